The highest BCUT2D eigenvalue weighted by molar-refractivity contribution is 7.99. The van der Waals surface area contributed by atoms with Crippen LogP contribution in [0.3, 0.4) is 0 Å². The topological polar surface area (TPSA) is 70.4 Å². The number of nitrogens with zero attached hydrogens (tertiary/aromatic N) is 2. The summed E-state index contributed by atoms with van der Waals surface area (Å²) >= 11 is 1.75. The molecule has 6 heteroatoms. The minimum absolute atomic E-state index is 0.0268. The van der Waals surface area contributed by atoms with Gasteiger partial charge in [-0.25, -0.2) is 0 Å². The first-order valence-corrected chi connectivity index (χ1v) is 8.66. The highest BCUT2D eigenvalue weighted by atomic mass is 32.2. The van der Waals surface area contributed by atoms with Crippen LogP contribution in [0.2, 0.25) is 0 Å². The number of hydrogen-bond donors (Lipinski definition) is 0. The number of hydrogen-bond acceptors (Lipinski definition) is 5. The van der Waals surface area contributed by atoms with Crippen LogP contribution in [0.1, 0.15) is 33.1 Å². The van der Waals surface area contributed by atoms with Crippen molar-refractivity contribution >= 4 is 29.3 Å². The fraction of sp³-hybridized carbons (Fsp3) is 0.471. The molecule has 23 heavy (non-hydrogen) atoms. The summed E-state index contributed by atoms with van der Waals surface area (Å²) in [7, 11) is 0. The Morgan fingerprint density at radius 1 is 1.22 bits per heavy atom. The van der Waals surface area contributed by atoms with Gasteiger partial charge in [0.2, 0.25) is 5.91 Å². The predicted octanol–water partition coefficient (Wildman–Crippen LogP) is 3.39. The lowest BCUT2D eigenvalue weighted by molar-refractivity contribution is -0.144. The monoisotopic (exact) mass is 334 g/mol. The molecule has 0 spiro atoms. The summed E-state index contributed by atoms with van der Waals surface area (Å²) in [4.78, 5) is 26.1. The van der Waals surface area contributed by atoms with Crippen LogP contribution in [0.25, 0.3) is 0 Å². The van der Waals surface area contributed by atoms with Gasteiger partial charge in [-0.1, -0.05) is 6.92 Å². The summed E-state index contributed by atoms with van der Waals surface area (Å²) in [5, 5.41) is 8.94. The lowest BCUT2D eigenvalue weighted by Gasteiger charge is -2.20. The van der Waals surface area contributed by atoms with Gasteiger partial charge in [-0.3, -0.25) is 14.5 Å². The Labute approximate surface area is 141 Å². The van der Waals surface area contributed by atoms with Crippen molar-refractivity contribution < 1.29 is 14.3 Å². The van der Waals surface area contributed by atoms with Gasteiger partial charge in [-0.05, 0) is 43.4 Å². The van der Waals surface area contributed by atoms with Gasteiger partial charge in [-0.2, -0.15) is 5.26 Å². The van der Waals surface area contributed by atoms with Crippen molar-refractivity contribution in [3.63, 3.8) is 0 Å². The second kappa shape index (κ2) is 10.7. The number of ether oxygens (including phenoxy) is 1. The van der Waals surface area contributed by atoms with Crippen molar-refractivity contribution in [1.82, 2.24) is 0 Å². The molecule has 0 saturated heterocycles. The van der Waals surface area contributed by atoms with E-state index in [1.807, 2.05) is 30.3 Å². The molecule has 0 N–H and O–H groups in total. The molecule has 0 aliphatic rings. The molecule has 0 aromatic heterocycles. The molecule has 124 valence electrons. The summed E-state index contributed by atoms with van der Waals surface area (Å²) in [6.07, 6.45) is 1.16. The van der Waals surface area contributed by atoms with Gasteiger partial charge in [0.15, 0.2) is 0 Å². The van der Waals surface area contributed by atoms with E-state index in [0.29, 0.717) is 12.3 Å². The Hall–Kier alpha value is -2.00. The van der Waals surface area contributed by atoms with Gasteiger partial charge in [0, 0.05) is 17.0 Å². The molecular weight excluding hydrogens is 312 g/mol. The van der Waals surface area contributed by atoms with E-state index < -0.39 is 5.97 Å². The summed E-state index contributed by atoms with van der Waals surface area (Å²) in [6.45, 7) is 4.10. The van der Waals surface area contributed by atoms with Crippen LogP contribution in [0, 0.1) is 11.3 Å². The Balaban J connectivity index is 2.71. The van der Waals surface area contributed by atoms with Gasteiger partial charge in [0.1, 0.15) is 6.54 Å². The van der Waals surface area contributed by atoms with E-state index in [9.17, 15) is 9.59 Å². The maximum atomic E-state index is 12.3. The summed E-state index contributed by atoms with van der Waals surface area (Å²) < 4.78 is 4.81. The second-order valence-corrected chi connectivity index (χ2v) is 5.95. The van der Waals surface area contributed by atoms with Crippen LogP contribution in [-0.4, -0.2) is 30.8 Å². The molecular formula is C17H22N2O3S. The predicted molar refractivity (Wildman–Crippen MR) is 91.3 cm³/mol. The fourth-order valence-corrected chi connectivity index (χ4v) is 2.68. The molecule has 0 aliphatic carbocycles. The van der Waals surface area contributed by atoms with E-state index in [2.05, 4.69) is 6.92 Å². The van der Waals surface area contributed by atoms with Crippen molar-refractivity contribution in [2.45, 2.75) is 38.0 Å². The highest BCUT2D eigenvalue weighted by Gasteiger charge is 2.17. The molecule has 1 aromatic rings. The molecule has 0 fully saturated rings. The fourth-order valence-electron chi connectivity index (χ4n) is 1.91. The third-order valence-electron chi connectivity index (χ3n) is 3.00. The number of nitriles is 1. The highest BCUT2D eigenvalue weighted by Crippen LogP contribution is 2.23. The molecule has 0 unspecified atom stereocenters. The summed E-state index contributed by atoms with van der Waals surface area (Å²) in [6, 6.07) is 9.54. The molecule has 1 aromatic carbocycles. The largest absolute Gasteiger partial charge is 0.466 e. The van der Waals surface area contributed by atoms with Crippen molar-refractivity contribution in [2.24, 2.45) is 0 Å². The zero-order valence-corrected chi connectivity index (χ0v) is 14.4. The van der Waals surface area contributed by atoms with E-state index >= 15 is 0 Å². The third kappa shape index (κ3) is 6.74. The maximum absolute atomic E-state index is 12.3. The third-order valence-corrected chi connectivity index (χ3v) is 4.22. The molecule has 1 rings (SSSR count). The normalized spacial score (nSPS) is 9.96. The van der Waals surface area contributed by atoms with Crippen molar-refractivity contribution in [3.05, 3.63) is 24.3 Å². The molecule has 0 saturated carbocycles. The zero-order valence-electron chi connectivity index (χ0n) is 13.6. The summed E-state index contributed by atoms with van der Waals surface area (Å²) in [5.41, 5.74) is 0.668. The van der Waals surface area contributed by atoms with E-state index in [1.165, 1.54) is 4.90 Å². The molecule has 0 heterocycles. The molecule has 0 aliphatic heterocycles. The number of esters is 1. The molecule has 5 nitrogen and oxygen atoms in total. The first kappa shape index (κ1) is 19.0. The molecule has 0 atom stereocenters. The van der Waals surface area contributed by atoms with E-state index in [0.717, 1.165) is 17.1 Å². The SMILES string of the molecule is CCCSc1ccc(N(CC#N)C(=O)CCC(=O)OCC)cc1. The Kier molecular flexibility index (Phi) is 8.85. The standard InChI is InChI=1S/C17H22N2O3S/c1-3-13-23-15-7-5-14(6-8-15)19(12-11-18)16(20)9-10-17(21)22-4-2/h5-8H,3-4,9-10,12-13H2,1-2H3. The number of anilines is 1. The van der Waals surface area contributed by atoms with Crippen LogP contribution in [0.15, 0.2) is 29.2 Å². The Morgan fingerprint density at radius 2 is 1.91 bits per heavy atom. The van der Waals surface area contributed by atoms with Gasteiger partial charge < -0.3 is 4.74 Å². The number of carbonyl (C=O) groups excluding carboxylic acids is 2. The number of benzene rings is 1. The maximum Gasteiger partial charge on any atom is 0.306 e. The minimum atomic E-state index is -0.399. The lowest BCUT2D eigenvalue weighted by Crippen LogP contribution is -2.31. The quantitative estimate of drug-likeness (QED) is 0.393. The minimum Gasteiger partial charge on any atom is -0.466 e. The Morgan fingerprint density at radius 3 is 2.48 bits per heavy atom. The van der Waals surface area contributed by atoms with Crippen LogP contribution in [-0.2, 0) is 14.3 Å². The van der Waals surface area contributed by atoms with Crippen molar-refractivity contribution in [2.75, 3.05) is 23.8 Å². The Bertz CT molecular complexity index is 552. The molecule has 0 bridgehead atoms. The smallest absolute Gasteiger partial charge is 0.306 e. The first-order chi connectivity index (χ1) is 11.1. The van der Waals surface area contributed by atoms with E-state index in [4.69, 9.17) is 10.00 Å². The second-order valence-electron chi connectivity index (χ2n) is 4.79. The summed E-state index contributed by atoms with van der Waals surface area (Å²) in [5.74, 6) is 0.386. The number of carbonyl (C=O) groups is 2. The van der Waals surface area contributed by atoms with Gasteiger partial charge in [-0.15, -0.1) is 11.8 Å². The van der Waals surface area contributed by atoms with Gasteiger partial charge in [0.25, 0.3) is 0 Å². The van der Waals surface area contributed by atoms with E-state index in [1.54, 1.807) is 18.7 Å². The average Bonchev–Trinajstić information content (AvgIpc) is 2.56. The van der Waals surface area contributed by atoms with Crippen molar-refractivity contribution in [1.29, 1.82) is 5.26 Å². The van der Waals surface area contributed by atoms with Gasteiger partial charge >= 0.3 is 5.97 Å². The van der Waals surface area contributed by atoms with Crippen LogP contribution >= 0.6 is 11.8 Å². The van der Waals surface area contributed by atoms with Crippen LogP contribution in [0.5, 0.6) is 0 Å². The van der Waals surface area contributed by atoms with Gasteiger partial charge in [0.05, 0.1) is 19.1 Å². The zero-order chi connectivity index (χ0) is 17.1. The average molecular weight is 334 g/mol. The number of amides is 1. The van der Waals surface area contributed by atoms with Crippen molar-refractivity contribution in [3.8, 4) is 6.07 Å². The number of rotatable bonds is 9. The molecule has 1 amide bonds. The molecule has 0 radical (unpaired) electrons. The number of thioether (sulfide) groups is 1. The van der Waals surface area contributed by atoms with Crippen LogP contribution < -0.4 is 4.90 Å². The first-order valence-electron chi connectivity index (χ1n) is 7.68. The van der Waals surface area contributed by atoms with Crippen LogP contribution in [0.4, 0.5) is 5.69 Å². The van der Waals surface area contributed by atoms with E-state index in [-0.39, 0.29) is 25.3 Å². The lowest BCUT2D eigenvalue weighted by atomic mass is 10.2.